The molecule has 1 unspecified atom stereocenters. The van der Waals surface area contributed by atoms with Gasteiger partial charge in [-0.1, -0.05) is 18.2 Å². The number of benzene rings is 2. The predicted octanol–water partition coefficient (Wildman–Crippen LogP) is 5.32. The van der Waals surface area contributed by atoms with Crippen molar-refractivity contribution in [2.75, 3.05) is 7.11 Å². The second-order valence-corrected chi connectivity index (χ2v) is 8.31. The summed E-state index contributed by atoms with van der Waals surface area (Å²) in [6, 6.07) is 11.6. The summed E-state index contributed by atoms with van der Waals surface area (Å²) in [4.78, 5) is 21.8. The highest BCUT2D eigenvalue weighted by Crippen LogP contribution is 2.33. The fourth-order valence-corrected chi connectivity index (χ4v) is 4.49. The van der Waals surface area contributed by atoms with E-state index in [0.717, 1.165) is 16.0 Å². The van der Waals surface area contributed by atoms with E-state index >= 15 is 0 Å². The number of allylic oxidation sites excluding steroid dienone is 1. The van der Waals surface area contributed by atoms with E-state index < -0.39 is 5.97 Å². The third-order valence-electron chi connectivity index (χ3n) is 4.60. The van der Waals surface area contributed by atoms with Gasteiger partial charge in [0.25, 0.3) is 0 Å². The summed E-state index contributed by atoms with van der Waals surface area (Å²) in [7, 11) is 1.13. The molecule has 0 saturated carbocycles. The van der Waals surface area contributed by atoms with E-state index in [1.807, 2.05) is 28.4 Å². The smallest absolute Gasteiger partial charge is 0.338 e. The van der Waals surface area contributed by atoms with Crippen LogP contribution >= 0.6 is 10.5 Å². The number of carbonyl (C=O) groups excluding carboxylic acids is 1. The van der Waals surface area contributed by atoms with Gasteiger partial charge >= 0.3 is 5.97 Å². The van der Waals surface area contributed by atoms with E-state index in [1.165, 1.54) is 19.2 Å². The molecule has 30 heavy (non-hydrogen) atoms. The zero-order valence-corrected chi connectivity index (χ0v) is 17.1. The Morgan fingerprint density at radius 2 is 2.00 bits per heavy atom. The Morgan fingerprint density at radius 1 is 1.17 bits per heavy atom. The highest BCUT2D eigenvalue weighted by molar-refractivity contribution is 7.41. The molecule has 0 aliphatic heterocycles. The molecule has 0 aliphatic rings. The number of ether oxygens (including phenoxy) is 1. The first kappa shape index (κ1) is 19.7. The molecule has 0 saturated heterocycles. The standard InChI is InChI=1S/C23H19FN3O2S/c1-29-23(28)21-7-2-17(13-22(21)18-3-5-19(24)6-4-18)12-20(30-11-9-26-16-30)14-27-10-8-25-15-27/h2-13,15-16H,14H2,1H3/q+1. The number of carbonyl (C=O) groups is 1. The number of thiazole rings is 1. The highest BCUT2D eigenvalue weighted by Gasteiger charge is 2.17. The minimum Gasteiger partial charge on any atom is -0.465 e. The third-order valence-corrected chi connectivity index (χ3v) is 6.22. The first-order valence-electron chi connectivity index (χ1n) is 9.20. The maximum absolute atomic E-state index is 13.4. The van der Waals surface area contributed by atoms with Crippen molar-refractivity contribution in [1.29, 1.82) is 0 Å². The minimum absolute atomic E-state index is 0.221. The molecule has 0 amide bonds. The van der Waals surface area contributed by atoms with Crippen molar-refractivity contribution >= 4 is 27.4 Å². The van der Waals surface area contributed by atoms with Gasteiger partial charge in [0.05, 0.1) is 31.7 Å². The molecule has 2 heterocycles. The quantitative estimate of drug-likeness (QED) is 0.313. The van der Waals surface area contributed by atoms with Gasteiger partial charge in [-0.15, -0.1) is 0 Å². The van der Waals surface area contributed by atoms with Crippen molar-refractivity contribution in [3.63, 3.8) is 0 Å². The first-order valence-corrected chi connectivity index (χ1v) is 10.6. The molecule has 2 aromatic heterocycles. The van der Waals surface area contributed by atoms with Gasteiger partial charge in [0.2, 0.25) is 5.51 Å². The predicted molar refractivity (Wildman–Crippen MR) is 116 cm³/mol. The molecule has 7 heteroatoms. The van der Waals surface area contributed by atoms with Crippen LogP contribution in [0, 0.1) is 5.82 Å². The second kappa shape index (κ2) is 8.84. The Balaban J connectivity index is 1.80. The fraction of sp³-hybridized carbons (Fsp3) is 0.0870. The maximum atomic E-state index is 13.4. The molecule has 4 rings (SSSR count). The summed E-state index contributed by atoms with van der Waals surface area (Å²) in [5.74, 6) is -0.762. The molecule has 0 N–H and O–H groups in total. The number of methoxy groups -OCH3 is 1. The summed E-state index contributed by atoms with van der Waals surface area (Å²) in [5.41, 5.74) is 4.72. The average molecular weight is 420 g/mol. The lowest BCUT2D eigenvalue weighted by Crippen LogP contribution is -2.04. The maximum Gasteiger partial charge on any atom is 0.338 e. The Labute approximate surface area is 176 Å². The number of esters is 1. The number of imidazole rings is 1. The van der Waals surface area contributed by atoms with Crippen LogP contribution in [0.4, 0.5) is 4.39 Å². The lowest BCUT2D eigenvalue weighted by atomic mass is 9.97. The molecule has 0 bridgehead atoms. The zero-order chi connectivity index (χ0) is 20.9. The van der Waals surface area contributed by atoms with Crippen molar-refractivity contribution in [1.82, 2.24) is 14.5 Å². The Morgan fingerprint density at radius 3 is 2.67 bits per heavy atom. The summed E-state index contributed by atoms with van der Waals surface area (Å²) in [6.07, 6.45) is 9.34. The summed E-state index contributed by atoms with van der Waals surface area (Å²) >= 11 is 0. The first-order chi connectivity index (χ1) is 14.6. The van der Waals surface area contributed by atoms with Gasteiger partial charge in [0.1, 0.15) is 5.82 Å². The van der Waals surface area contributed by atoms with Gasteiger partial charge in [-0.05, 0) is 41.0 Å². The fourth-order valence-electron chi connectivity index (χ4n) is 3.13. The number of rotatable bonds is 6. The molecular formula is C23H19FN3O2S+. The Bertz CT molecular complexity index is 1170. The number of halogens is 1. The number of nitrogens with zero attached hydrogens (tertiary/aromatic N) is 3. The monoisotopic (exact) mass is 420 g/mol. The van der Waals surface area contributed by atoms with E-state index in [1.54, 1.807) is 36.9 Å². The minimum atomic E-state index is -0.434. The molecule has 1 atom stereocenters. The lowest BCUT2D eigenvalue weighted by Gasteiger charge is -2.10. The van der Waals surface area contributed by atoms with Crippen LogP contribution < -0.4 is 0 Å². The molecule has 0 aliphatic carbocycles. The van der Waals surface area contributed by atoms with Crippen LogP contribution in [-0.2, 0) is 11.3 Å². The molecule has 150 valence electrons. The van der Waals surface area contributed by atoms with Crippen LogP contribution in [0.15, 0.2) is 78.3 Å². The van der Waals surface area contributed by atoms with Gasteiger partial charge in [-0.25, -0.2) is 19.2 Å². The largest absolute Gasteiger partial charge is 0.465 e. The van der Waals surface area contributed by atoms with E-state index in [0.29, 0.717) is 17.7 Å². The van der Waals surface area contributed by atoms with Crippen LogP contribution in [0.3, 0.4) is 0 Å². The van der Waals surface area contributed by atoms with Crippen LogP contribution in [0.25, 0.3) is 22.1 Å². The van der Waals surface area contributed by atoms with Gasteiger partial charge in [-0.3, -0.25) is 0 Å². The molecule has 0 fully saturated rings. The Kier molecular flexibility index (Phi) is 5.81. The molecule has 2 aromatic carbocycles. The molecule has 4 aromatic rings. The molecule has 0 spiro atoms. The van der Waals surface area contributed by atoms with E-state index in [-0.39, 0.29) is 16.3 Å². The second-order valence-electron chi connectivity index (χ2n) is 6.56. The van der Waals surface area contributed by atoms with E-state index in [2.05, 4.69) is 21.4 Å². The Hall–Kier alpha value is -3.58. The van der Waals surface area contributed by atoms with Crippen molar-refractivity contribution in [2.24, 2.45) is 0 Å². The van der Waals surface area contributed by atoms with Crippen molar-refractivity contribution in [2.45, 2.75) is 6.54 Å². The van der Waals surface area contributed by atoms with Crippen molar-refractivity contribution in [3.05, 3.63) is 95.2 Å². The van der Waals surface area contributed by atoms with Gasteiger partial charge in [0.15, 0.2) is 10.3 Å². The lowest BCUT2D eigenvalue weighted by molar-refractivity contribution is 0.0601. The van der Waals surface area contributed by atoms with Gasteiger partial charge < -0.3 is 9.30 Å². The number of aromatic nitrogens is 3. The van der Waals surface area contributed by atoms with Crippen molar-refractivity contribution in [3.8, 4) is 11.1 Å². The third kappa shape index (κ3) is 4.36. The summed E-state index contributed by atoms with van der Waals surface area (Å²) in [6.45, 7) is 0.671. The normalized spacial score (nSPS) is 12.1. The molecular weight excluding hydrogens is 401 g/mol. The van der Waals surface area contributed by atoms with Crippen LogP contribution in [-0.4, -0.2) is 27.6 Å². The van der Waals surface area contributed by atoms with Crippen LogP contribution in [0.1, 0.15) is 15.9 Å². The topological polar surface area (TPSA) is 57.0 Å². The summed E-state index contributed by atoms with van der Waals surface area (Å²) < 4.78 is 20.3. The molecule has 5 nitrogen and oxygen atoms in total. The average Bonchev–Trinajstić information content (AvgIpc) is 3.47. The van der Waals surface area contributed by atoms with E-state index in [9.17, 15) is 9.18 Å². The SMILES string of the molecule is COC(=O)c1ccc(C=C(Cn2ccnc2)[s+]2ccnc2)cc1-c1ccc(F)cc1. The number of hydrogen-bond donors (Lipinski definition) is 0. The van der Waals surface area contributed by atoms with Gasteiger partial charge in [0, 0.05) is 28.9 Å². The van der Waals surface area contributed by atoms with Crippen LogP contribution in [0.5, 0.6) is 0 Å². The van der Waals surface area contributed by atoms with Gasteiger partial charge in [-0.2, -0.15) is 0 Å². The van der Waals surface area contributed by atoms with Crippen molar-refractivity contribution < 1.29 is 13.9 Å². The highest BCUT2D eigenvalue weighted by atomic mass is 32.2. The summed E-state index contributed by atoms with van der Waals surface area (Å²) in [5, 5.41) is 2.06. The van der Waals surface area contributed by atoms with Crippen LogP contribution in [0.2, 0.25) is 0 Å². The number of hydrogen-bond acceptors (Lipinski definition) is 4. The zero-order valence-electron chi connectivity index (χ0n) is 16.2. The molecule has 0 radical (unpaired) electrons. The van der Waals surface area contributed by atoms with E-state index in [4.69, 9.17) is 4.74 Å².